The van der Waals surface area contributed by atoms with Gasteiger partial charge in [-0.25, -0.2) is 13.1 Å². The fraction of sp³-hybridized carbons (Fsp3) is 0.375. The minimum atomic E-state index is -4.58. The van der Waals surface area contributed by atoms with E-state index in [9.17, 15) is 13.2 Å². The average molecular weight is 594 g/mol. The minimum absolute atomic E-state index is 0.121. The molecule has 0 radical (unpaired) electrons. The zero-order chi connectivity index (χ0) is 24.5. The van der Waals surface area contributed by atoms with Crippen LogP contribution >= 0.6 is 22.9 Å². The van der Waals surface area contributed by atoms with E-state index in [0.717, 1.165) is 42.3 Å². The number of anilines is 1. The fourth-order valence-corrected chi connectivity index (χ4v) is 6.65. The van der Waals surface area contributed by atoms with Crippen LogP contribution in [0.25, 0.3) is 33.3 Å². The lowest BCUT2D eigenvalue weighted by Crippen LogP contribution is -2.33. The molecule has 35 heavy (non-hydrogen) atoms. The van der Waals surface area contributed by atoms with Gasteiger partial charge in [-0.15, -0.1) is 0 Å². The Balaban J connectivity index is 1.40. The summed E-state index contributed by atoms with van der Waals surface area (Å²) in [6.07, 6.45) is 1.03. The summed E-state index contributed by atoms with van der Waals surface area (Å²) in [4.78, 5) is 11.6. The number of nitrogens with one attached hydrogen (secondary N) is 2. The molecule has 4 aromatic rings. The predicted molar refractivity (Wildman–Crippen MR) is 134 cm³/mol. The lowest BCUT2D eigenvalue weighted by Gasteiger charge is -2.22. The number of rotatable bonds is 4. The smallest absolute Gasteiger partial charge is 0.361 e. The van der Waals surface area contributed by atoms with Crippen LogP contribution in [0.15, 0.2) is 35.1 Å². The number of aromatic nitrogens is 4. The molecule has 3 aromatic heterocycles. The monoisotopic (exact) mass is 594 g/mol. The van der Waals surface area contributed by atoms with Gasteiger partial charge in [0, 0.05) is 75.4 Å². The van der Waals surface area contributed by atoms with Gasteiger partial charge in [0.1, 0.15) is 11.3 Å². The normalized spacial score (nSPS) is 22.4. The first-order valence-corrected chi connectivity index (χ1v) is 12.4. The Kier molecular flexibility index (Phi) is 5.33. The quantitative estimate of drug-likeness (QED) is 0.214. The molecule has 2 N–H and O–H groups in total. The molecule has 2 fully saturated rings. The van der Waals surface area contributed by atoms with E-state index in [2.05, 4.69) is 51.4 Å². The number of halogens is 4. The molecular weight excluding hydrogens is 572 g/mol. The molecule has 2 unspecified atom stereocenters. The summed E-state index contributed by atoms with van der Waals surface area (Å²) < 4.78 is 49.4. The topological polar surface area (TPSA) is 82.9 Å². The Bertz CT molecular complexity index is 1410. The maximum atomic E-state index is 14.0. The van der Waals surface area contributed by atoms with Gasteiger partial charge >= 0.3 is 6.18 Å². The van der Waals surface area contributed by atoms with Crippen LogP contribution in [-0.2, 0) is 6.18 Å². The van der Waals surface area contributed by atoms with Crippen LogP contribution in [0.1, 0.15) is 36.3 Å². The molecule has 3 atom stereocenters. The van der Waals surface area contributed by atoms with Gasteiger partial charge < -0.3 is 14.8 Å². The van der Waals surface area contributed by atoms with E-state index in [1.165, 1.54) is 0 Å². The Morgan fingerprint density at radius 1 is 1.23 bits per heavy atom. The Morgan fingerprint density at radius 2 is 2.06 bits per heavy atom. The maximum Gasteiger partial charge on any atom is 0.419 e. The van der Waals surface area contributed by atoms with Crippen molar-refractivity contribution in [2.45, 2.75) is 57.4 Å². The average Bonchev–Trinajstić information content (AvgIpc) is 3.55. The number of nitrogens with zero attached hydrogens (tertiary/aromatic N) is 4. The Hall–Kier alpha value is -2.67. The number of aryl methyl sites for hydroxylation is 2. The molecule has 6 rings (SSSR count). The largest absolute Gasteiger partial charge is 0.419 e. The number of hydrogen-bond acceptors (Lipinski definition) is 6. The van der Waals surface area contributed by atoms with Crippen molar-refractivity contribution in [3.05, 3.63) is 47.6 Å². The number of hydrogen-bond donors (Lipinski definition) is 2. The van der Waals surface area contributed by atoms with Crippen molar-refractivity contribution >= 4 is 39.7 Å². The van der Waals surface area contributed by atoms with Crippen molar-refractivity contribution in [1.82, 2.24) is 23.2 Å². The highest BCUT2D eigenvalue weighted by molar-refractivity contribution is 14.1. The highest BCUT2D eigenvalue weighted by atomic mass is 127. The Morgan fingerprint density at radius 3 is 2.71 bits per heavy atom. The van der Waals surface area contributed by atoms with Gasteiger partial charge in [0.2, 0.25) is 5.95 Å². The number of H-pyrrole nitrogens is 1. The van der Waals surface area contributed by atoms with Gasteiger partial charge in [0.25, 0.3) is 0 Å². The van der Waals surface area contributed by atoms with Crippen LogP contribution in [0.2, 0.25) is 0 Å². The molecule has 2 aliphatic rings. The molecule has 2 bridgehead atoms. The van der Waals surface area contributed by atoms with Gasteiger partial charge in [-0.1, -0.05) is 17.3 Å². The van der Waals surface area contributed by atoms with Crippen LogP contribution in [0.4, 0.5) is 19.1 Å². The highest BCUT2D eigenvalue weighted by Crippen LogP contribution is 2.43. The maximum absolute atomic E-state index is 14.0. The van der Waals surface area contributed by atoms with Crippen molar-refractivity contribution in [2.24, 2.45) is 0 Å². The predicted octanol–water partition coefficient (Wildman–Crippen LogP) is 6.28. The first-order chi connectivity index (χ1) is 16.7. The zero-order valence-corrected chi connectivity index (χ0v) is 21.1. The molecule has 1 aromatic carbocycles. The van der Waals surface area contributed by atoms with Gasteiger partial charge in [0.05, 0.1) is 11.4 Å². The van der Waals surface area contributed by atoms with Crippen LogP contribution in [0.3, 0.4) is 0 Å². The number of alkyl halides is 3. The van der Waals surface area contributed by atoms with Crippen LogP contribution < -0.4 is 5.32 Å². The number of benzene rings is 1. The first-order valence-electron chi connectivity index (χ1n) is 11.4. The van der Waals surface area contributed by atoms with E-state index in [-0.39, 0.29) is 17.7 Å². The van der Waals surface area contributed by atoms with Crippen molar-refractivity contribution in [1.29, 1.82) is 0 Å². The van der Waals surface area contributed by atoms with Crippen LogP contribution in [0, 0.1) is 13.8 Å². The second kappa shape index (κ2) is 8.19. The van der Waals surface area contributed by atoms with E-state index < -0.39 is 11.7 Å². The van der Waals surface area contributed by atoms with Gasteiger partial charge in [-0.2, -0.15) is 13.2 Å². The molecule has 2 saturated heterocycles. The SMILES string of the molecule is Cc1noc(C)c1-c1ccc2c(-c3nc(NC4C[C@@H]5CCC4N5I)ncc3C(F)(F)F)c[nH]c2c1. The molecule has 2 aliphatic heterocycles. The van der Waals surface area contributed by atoms with Crippen LogP contribution in [0.5, 0.6) is 0 Å². The van der Waals surface area contributed by atoms with E-state index in [4.69, 9.17) is 4.52 Å². The van der Waals surface area contributed by atoms with E-state index in [0.29, 0.717) is 34.3 Å². The van der Waals surface area contributed by atoms with Crippen LogP contribution in [-0.4, -0.2) is 41.3 Å². The number of fused-ring (bicyclic) bond motifs is 3. The summed E-state index contributed by atoms with van der Waals surface area (Å²) in [5, 5.41) is 7.95. The zero-order valence-electron chi connectivity index (χ0n) is 18.9. The lowest BCUT2D eigenvalue weighted by molar-refractivity contribution is -0.137. The number of aromatic amines is 1. The van der Waals surface area contributed by atoms with Crippen molar-refractivity contribution in [3.63, 3.8) is 0 Å². The molecular formula is C24H22F3IN6O. The summed E-state index contributed by atoms with van der Waals surface area (Å²) in [6.45, 7) is 3.69. The molecule has 7 nitrogen and oxygen atoms in total. The summed E-state index contributed by atoms with van der Waals surface area (Å²) >= 11 is 2.34. The lowest BCUT2D eigenvalue weighted by atomic mass is 9.96. The molecule has 0 saturated carbocycles. The summed E-state index contributed by atoms with van der Waals surface area (Å²) in [5.74, 6) is 0.905. The molecule has 0 aliphatic carbocycles. The highest BCUT2D eigenvalue weighted by Gasteiger charge is 2.45. The van der Waals surface area contributed by atoms with Crippen molar-refractivity contribution < 1.29 is 17.7 Å². The van der Waals surface area contributed by atoms with Crippen molar-refractivity contribution in [3.8, 4) is 22.4 Å². The standard InChI is InChI=1S/C24H22F3IN6O/c1-11-21(12(2)35-33-11)13-3-5-15-16(9-29-18(15)7-13)22-17(24(25,26)27)10-30-23(32-22)31-19-8-14-4-6-20(19)34(14)28/h3,5,7,9-10,14,19-20,29H,4,6,8H2,1-2H3,(H,30,31,32)/t14-,19?,20?/m0/s1. The fourth-order valence-electron chi connectivity index (χ4n) is 5.48. The molecule has 182 valence electrons. The molecule has 11 heteroatoms. The third-order valence-corrected chi connectivity index (χ3v) is 8.62. The van der Waals surface area contributed by atoms with E-state index in [1.54, 1.807) is 6.20 Å². The minimum Gasteiger partial charge on any atom is -0.361 e. The second-order valence-corrected chi connectivity index (χ2v) is 10.4. The molecule has 5 heterocycles. The van der Waals surface area contributed by atoms with Crippen molar-refractivity contribution in [2.75, 3.05) is 5.32 Å². The Labute approximate surface area is 213 Å². The van der Waals surface area contributed by atoms with E-state index >= 15 is 0 Å². The summed E-state index contributed by atoms with van der Waals surface area (Å²) in [6, 6.07) is 6.52. The summed E-state index contributed by atoms with van der Waals surface area (Å²) in [5.41, 5.74) is 2.60. The van der Waals surface area contributed by atoms with Gasteiger partial charge in [0.15, 0.2) is 0 Å². The molecule has 0 amide bonds. The summed E-state index contributed by atoms with van der Waals surface area (Å²) in [7, 11) is 0. The van der Waals surface area contributed by atoms with Gasteiger partial charge in [-0.3, -0.25) is 0 Å². The third-order valence-electron chi connectivity index (χ3n) is 7.12. The first kappa shape index (κ1) is 22.8. The van der Waals surface area contributed by atoms with E-state index in [1.807, 2.05) is 32.0 Å². The van der Waals surface area contributed by atoms with Gasteiger partial charge in [-0.05, 0) is 44.7 Å². The third kappa shape index (κ3) is 3.79. The second-order valence-electron chi connectivity index (χ2n) is 9.24. The molecule has 0 spiro atoms.